The second-order valence-electron chi connectivity index (χ2n) is 9.49. The molecule has 0 unspecified atom stereocenters. The second kappa shape index (κ2) is 11.1. The zero-order chi connectivity index (χ0) is 26.0. The monoisotopic (exact) mass is 549 g/mol. The summed E-state index contributed by atoms with van der Waals surface area (Å²) in [4.78, 5) is 17.6. The summed E-state index contributed by atoms with van der Waals surface area (Å²) in [5.41, 5.74) is 1.16. The highest BCUT2D eigenvalue weighted by molar-refractivity contribution is 7.89. The average molecular weight is 550 g/mol. The Morgan fingerprint density at radius 3 is 2.43 bits per heavy atom. The molecule has 5 rings (SSSR count). The number of piperazine rings is 1. The lowest BCUT2D eigenvalue weighted by Gasteiger charge is -2.38. The van der Waals surface area contributed by atoms with Gasteiger partial charge in [0.15, 0.2) is 11.5 Å². The summed E-state index contributed by atoms with van der Waals surface area (Å²) in [6.07, 6.45) is 1.03. The van der Waals surface area contributed by atoms with E-state index in [1.165, 1.54) is 16.4 Å². The molecular weight excluding hydrogens is 518 g/mol. The summed E-state index contributed by atoms with van der Waals surface area (Å²) < 4.78 is 44.0. The molecule has 11 heteroatoms. The van der Waals surface area contributed by atoms with Crippen molar-refractivity contribution in [3.63, 3.8) is 0 Å². The van der Waals surface area contributed by atoms with E-state index >= 15 is 0 Å². The van der Waals surface area contributed by atoms with Crippen LogP contribution in [0.4, 0.5) is 0 Å². The summed E-state index contributed by atoms with van der Waals surface area (Å²) >= 11 is 6.21. The van der Waals surface area contributed by atoms with Crippen molar-refractivity contribution in [1.29, 1.82) is 0 Å². The minimum absolute atomic E-state index is 0.129. The molecule has 0 saturated carbocycles. The normalized spacial score (nSPS) is 19.2. The van der Waals surface area contributed by atoms with E-state index in [9.17, 15) is 13.2 Å². The lowest BCUT2D eigenvalue weighted by molar-refractivity contribution is -0.138. The van der Waals surface area contributed by atoms with Gasteiger partial charge in [-0.15, -0.1) is 0 Å². The summed E-state index contributed by atoms with van der Waals surface area (Å²) in [6, 6.07) is 10.5. The van der Waals surface area contributed by atoms with Crippen LogP contribution in [0.2, 0.25) is 5.02 Å². The fourth-order valence-electron chi connectivity index (χ4n) is 5.09. The van der Waals surface area contributed by atoms with Crippen LogP contribution in [0.15, 0.2) is 41.3 Å². The number of ether oxygens (including phenoxy) is 3. The van der Waals surface area contributed by atoms with E-state index in [0.717, 1.165) is 36.7 Å². The topological polar surface area (TPSA) is 88.6 Å². The van der Waals surface area contributed by atoms with Gasteiger partial charge in [0.2, 0.25) is 22.7 Å². The molecule has 2 saturated heterocycles. The molecule has 37 heavy (non-hydrogen) atoms. The molecule has 3 aliphatic rings. The molecule has 0 aliphatic carbocycles. The Morgan fingerprint density at radius 2 is 1.73 bits per heavy atom. The lowest BCUT2D eigenvalue weighted by atomic mass is 9.96. The Morgan fingerprint density at radius 1 is 1.00 bits per heavy atom. The van der Waals surface area contributed by atoms with Crippen LogP contribution in [-0.2, 0) is 21.4 Å². The minimum Gasteiger partial charge on any atom is -0.492 e. The van der Waals surface area contributed by atoms with E-state index in [4.69, 9.17) is 25.8 Å². The van der Waals surface area contributed by atoms with Crippen molar-refractivity contribution in [2.75, 3.05) is 52.7 Å². The molecule has 0 aromatic heterocycles. The number of sulfonamides is 1. The highest BCUT2D eigenvalue weighted by atomic mass is 35.5. The third-order valence-corrected chi connectivity index (χ3v) is 9.36. The second-order valence-corrected chi connectivity index (χ2v) is 11.8. The number of hydrogen-bond acceptors (Lipinski definition) is 7. The van der Waals surface area contributed by atoms with Gasteiger partial charge in [-0.05, 0) is 55.7 Å². The Hall–Kier alpha value is -2.53. The number of amides is 1. The van der Waals surface area contributed by atoms with E-state index in [1.54, 1.807) is 6.07 Å². The maximum Gasteiger partial charge on any atom is 0.243 e. The average Bonchev–Trinajstić information content (AvgIpc) is 3.38. The number of rotatable bonds is 7. The predicted octanol–water partition coefficient (Wildman–Crippen LogP) is 3.21. The molecule has 3 heterocycles. The molecule has 0 spiro atoms. The van der Waals surface area contributed by atoms with Gasteiger partial charge in [0, 0.05) is 51.7 Å². The quantitative estimate of drug-likeness (QED) is 0.524. The van der Waals surface area contributed by atoms with E-state index in [1.807, 2.05) is 30.0 Å². The molecule has 9 nitrogen and oxygen atoms in total. The van der Waals surface area contributed by atoms with Gasteiger partial charge in [0.05, 0.1) is 16.5 Å². The van der Waals surface area contributed by atoms with Crippen molar-refractivity contribution in [2.45, 2.75) is 31.2 Å². The van der Waals surface area contributed by atoms with Gasteiger partial charge in [-0.3, -0.25) is 9.69 Å². The van der Waals surface area contributed by atoms with Gasteiger partial charge in [-0.25, -0.2) is 8.42 Å². The van der Waals surface area contributed by atoms with Gasteiger partial charge in [0.1, 0.15) is 5.75 Å². The van der Waals surface area contributed by atoms with Gasteiger partial charge >= 0.3 is 0 Å². The SMILES string of the molecule is CCOc1ccc(S(=O)(=O)N2CCC(C(=O)N3CCN(Cc4ccc5c(c4)OCO5)CC3)CC2)cc1Cl. The van der Waals surface area contributed by atoms with E-state index in [-0.39, 0.29) is 28.5 Å². The van der Waals surface area contributed by atoms with Crippen LogP contribution in [0.1, 0.15) is 25.3 Å². The van der Waals surface area contributed by atoms with Crippen LogP contribution < -0.4 is 14.2 Å². The first-order valence-corrected chi connectivity index (χ1v) is 14.5. The summed E-state index contributed by atoms with van der Waals surface area (Å²) in [5, 5.41) is 0.269. The molecule has 0 radical (unpaired) electrons. The fourth-order valence-corrected chi connectivity index (χ4v) is 6.89. The van der Waals surface area contributed by atoms with Crippen LogP contribution in [0, 0.1) is 5.92 Å². The first-order chi connectivity index (χ1) is 17.8. The molecule has 2 aromatic carbocycles. The fraction of sp³-hybridized carbons (Fsp3) is 0.500. The Labute approximate surface area is 222 Å². The van der Waals surface area contributed by atoms with Gasteiger partial charge in [0.25, 0.3) is 0 Å². The molecule has 0 N–H and O–H groups in total. The lowest BCUT2D eigenvalue weighted by Crippen LogP contribution is -2.51. The summed E-state index contributed by atoms with van der Waals surface area (Å²) in [7, 11) is -3.69. The molecule has 2 aromatic rings. The third kappa shape index (κ3) is 5.67. The van der Waals surface area contributed by atoms with Crippen LogP contribution in [0.25, 0.3) is 0 Å². The first kappa shape index (κ1) is 26.1. The van der Waals surface area contributed by atoms with Crippen LogP contribution in [0.5, 0.6) is 17.2 Å². The largest absolute Gasteiger partial charge is 0.492 e. The highest BCUT2D eigenvalue weighted by Gasteiger charge is 2.35. The maximum atomic E-state index is 13.2. The van der Waals surface area contributed by atoms with Crippen molar-refractivity contribution in [2.24, 2.45) is 5.92 Å². The zero-order valence-electron chi connectivity index (χ0n) is 20.9. The summed E-state index contributed by atoms with van der Waals surface area (Å²) in [6.45, 7) is 6.92. The molecule has 0 bridgehead atoms. The number of halogens is 1. The number of nitrogens with zero attached hydrogens (tertiary/aromatic N) is 3. The van der Waals surface area contributed by atoms with Crippen molar-refractivity contribution in [3.8, 4) is 17.2 Å². The Balaban J connectivity index is 1.11. The number of fused-ring (bicyclic) bond motifs is 1. The van der Waals surface area contributed by atoms with E-state index < -0.39 is 10.0 Å². The van der Waals surface area contributed by atoms with Gasteiger partial charge < -0.3 is 19.1 Å². The van der Waals surface area contributed by atoms with Crippen LogP contribution in [0.3, 0.4) is 0 Å². The van der Waals surface area contributed by atoms with Crippen LogP contribution in [-0.4, -0.2) is 81.1 Å². The van der Waals surface area contributed by atoms with E-state index in [0.29, 0.717) is 51.4 Å². The zero-order valence-corrected chi connectivity index (χ0v) is 22.5. The number of benzene rings is 2. The Bertz CT molecular complexity index is 1240. The molecule has 3 aliphatic heterocycles. The van der Waals surface area contributed by atoms with Crippen molar-refractivity contribution < 1.29 is 27.4 Å². The third-order valence-electron chi connectivity index (χ3n) is 7.17. The van der Waals surface area contributed by atoms with Gasteiger partial charge in [-0.1, -0.05) is 17.7 Å². The smallest absolute Gasteiger partial charge is 0.243 e. The summed E-state index contributed by atoms with van der Waals surface area (Å²) in [5.74, 6) is 2.00. The number of piperidine rings is 1. The molecule has 2 fully saturated rings. The Kier molecular flexibility index (Phi) is 7.80. The highest BCUT2D eigenvalue weighted by Crippen LogP contribution is 2.33. The number of carbonyl (C=O) groups is 1. The van der Waals surface area contributed by atoms with E-state index in [2.05, 4.69) is 4.90 Å². The standard InChI is InChI=1S/C26H32ClN3O6S/c1-2-34-23-6-4-21(16-22(23)27)37(32,33)30-9-7-20(8-10-30)26(31)29-13-11-28(12-14-29)17-19-3-5-24-25(15-19)36-18-35-24/h3-6,15-16,20H,2,7-14,17-18H2,1H3. The molecule has 1 amide bonds. The van der Waals surface area contributed by atoms with Gasteiger partial charge in [-0.2, -0.15) is 4.31 Å². The molecule has 0 atom stereocenters. The first-order valence-electron chi connectivity index (χ1n) is 12.7. The minimum atomic E-state index is -3.69. The van der Waals surface area contributed by atoms with Crippen LogP contribution >= 0.6 is 11.6 Å². The molecule has 200 valence electrons. The maximum absolute atomic E-state index is 13.2. The predicted molar refractivity (Wildman–Crippen MR) is 139 cm³/mol. The van der Waals surface area contributed by atoms with Crippen molar-refractivity contribution >= 4 is 27.5 Å². The van der Waals surface area contributed by atoms with Crippen molar-refractivity contribution in [1.82, 2.24) is 14.1 Å². The number of carbonyl (C=O) groups excluding carboxylic acids is 1. The molecular formula is C26H32ClN3O6S. The van der Waals surface area contributed by atoms with Crippen molar-refractivity contribution in [3.05, 3.63) is 47.0 Å². The number of hydrogen-bond donors (Lipinski definition) is 0.